The topological polar surface area (TPSA) is 87.7 Å². The Morgan fingerprint density at radius 1 is 1.18 bits per heavy atom. The summed E-state index contributed by atoms with van der Waals surface area (Å²) in [5, 5.41) is 2.88. The van der Waals surface area contributed by atoms with E-state index in [1.807, 2.05) is 13.8 Å². The molecule has 0 aliphatic carbocycles. The van der Waals surface area contributed by atoms with Crippen LogP contribution in [-0.2, 0) is 11.2 Å². The van der Waals surface area contributed by atoms with Gasteiger partial charge < -0.3 is 10.3 Å². The van der Waals surface area contributed by atoms with Gasteiger partial charge in [-0.15, -0.1) is 0 Å². The van der Waals surface area contributed by atoms with Gasteiger partial charge in [0.1, 0.15) is 11.6 Å². The van der Waals surface area contributed by atoms with Crippen molar-refractivity contribution in [3.8, 4) is 11.4 Å². The first kappa shape index (κ1) is 19.4. The van der Waals surface area contributed by atoms with Gasteiger partial charge in [-0.25, -0.2) is 9.37 Å². The maximum atomic E-state index is 13.8. The fourth-order valence-electron chi connectivity index (χ4n) is 2.90. The fourth-order valence-corrected chi connectivity index (χ4v) is 2.90. The van der Waals surface area contributed by atoms with Crippen LogP contribution in [0.4, 0.5) is 4.39 Å². The number of nitrogens with one attached hydrogen (secondary N) is 2. The van der Waals surface area contributed by atoms with Crippen LogP contribution >= 0.6 is 0 Å². The molecule has 1 unspecified atom stereocenters. The zero-order chi connectivity index (χ0) is 20.1. The molecule has 144 valence electrons. The molecule has 1 atom stereocenters. The molecule has 28 heavy (non-hydrogen) atoms. The van der Waals surface area contributed by atoms with Crippen molar-refractivity contribution < 1.29 is 9.18 Å². The van der Waals surface area contributed by atoms with Crippen molar-refractivity contribution in [2.75, 3.05) is 0 Å². The summed E-state index contributed by atoms with van der Waals surface area (Å²) in [7, 11) is 0. The number of rotatable bonds is 6. The minimum Gasteiger partial charge on any atom is -0.347 e. The quantitative estimate of drug-likeness (QED) is 0.688. The number of carbonyl (C=O) groups excluding carboxylic acids is 1. The fraction of sp³-hybridized carbons (Fsp3) is 0.238. The lowest BCUT2D eigenvalue weighted by Crippen LogP contribution is -2.34. The van der Waals surface area contributed by atoms with Gasteiger partial charge in [0.2, 0.25) is 5.91 Å². The summed E-state index contributed by atoms with van der Waals surface area (Å²) in [4.78, 5) is 35.8. The SMILES string of the molecule is CC(C)C(NC(=O)Cc1ccccc1F)c1cc(=O)[nH]c(-c2ccncc2)n1. The number of aromatic nitrogens is 3. The number of pyridine rings is 1. The zero-order valence-electron chi connectivity index (χ0n) is 15.6. The lowest BCUT2D eigenvalue weighted by Gasteiger charge is -2.22. The second kappa shape index (κ2) is 8.56. The number of nitrogens with zero attached hydrogens (tertiary/aromatic N) is 2. The minimum atomic E-state index is -0.484. The van der Waals surface area contributed by atoms with Crippen molar-refractivity contribution >= 4 is 5.91 Å². The smallest absolute Gasteiger partial charge is 0.251 e. The highest BCUT2D eigenvalue weighted by Gasteiger charge is 2.22. The molecular formula is C21H21FN4O2. The van der Waals surface area contributed by atoms with E-state index in [2.05, 4.69) is 20.3 Å². The lowest BCUT2D eigenvalue weighted by molar-refractivity contribution is -0.121. The van der Waals surface area contributed by atoms with Crippen molar-refractivity contribution in [3.05, 3.63) is 82.3 Å². The molecule has 0 saturated heterocycles. The van der Waals surface area contributed by atoms with E-state index >= 15 is 0 Å². The van der Waals surface area contributed by atoms with Crippen molar-refractivity contribution in [2.24, 2.45) is 5.92 Å². The molecular weight excluding hydrogens is 359 g/mol. The number of benzene rings is 1. The number of H-pyrrole nitrogens is 1. The zero-order valence-corrected chi connectivity index (χ0v) is 15.6. The van der Waals surface area contributed by atoms with Crippen molar-refractivity contribution in [1.29, 1.82) is 0 Å². The molecule has 1 aromatic carbocycles. The molecule has 7 heteroatoms. The molecule has 0 saturated carbocycles. The van der Waals surface area contributed by atoms with Gasteiger partial charge in [0, 0.05) is 24.0 Å². The number of carbonyl (C=O) groups is 1. The lowest BCUT2D eigenvalue weighted by atomic mass is 9.99. The van der Waals surface area contributed by atoms with E-state index in [0.717, 1.165) is 0 Å². The van der Waals surface area contributed by atoms with E-state index in [1.54, 1.807) is 42.7 Å². The number of halogens is 1. The summed E-state index contributed by atoms with van der Waals surface area (Å²) in [6.45, 7) is 3.84. The van der Waals surface area contributed by atoms with Crippen molar-refractivity contribution in [2.45, 2.75) is 26.3 Å². The third kappa shape index (κ3) is 4.68. The third-order valence-corrected chi connectivity index (χ3v) is 4.33. The van der Waals surface area contributed by atoms with Gasteiger partial charge in [0.25, 0.3) is 5.56 Å². The van der Waals surface area contributed by atoms with Crippen LogP contribution < -0.4 is 10.9 Å². The Balaban J connectivity index is 1.86. The van der Waals surface area contributed by atoms with Crippen LogP contribution in [0.1, 0.15) is 31.1 Å². The predicted octanol–water partition coefficient (Wildman–Crippen LogP) is 3.03. The summed E-state index contributed by atoms with van der Waals surface area (Å²) >= 11 is 0. The number of amides is 1. The monoisotopic (exact) mass is 380 g/mol. The Labute approximate surface area is 161 Å². The highest BCUT2D eigenvalue weighted by Crippen LogP contribution is 2.21. The molecule has 0 aliphatic rings. The molecule has 0 fully saturated rings. The van der Waals surface area contributed by atoms with Crippen LogP contribution in [0, 0.1) is 11.7 Å². The molecule has 2 aromatic heterocycles. The maximum absolute atomic E-state index is 13.8. The maximum Gasteiger partial charge on any atom is 0.251 e. The Kier molecular flexibility index (Phi) is 5.93. The van der Waals surface area contributed by atoms with Gasteiger partial charge in [0.05, 0.1) is 18.2 Å². The average molecular weight is 380 g/mol. The molecule has 0 bridgehead atoms. The minimum absolute atomic E-state index is 0.0239. The van der Waals surface area contributed by atoms with Crippen molar-refractivity contribution in [3.63, 3.8) is 0 Å². The van der Waals surface area contributed by atoms with Crippen LogP contribution in [0.5, 0.6) is 0 Å². The summed E-state index contributed by atoms with van der Waals surface area (Å²) in [6, 6.07) is 10.5. The molecule has 2 heterocycles. The molecule has 3 rings (SSSR count). The standard InChI is InChI=1S/C21H21FN4O2/c1-13(2)20(25-18(27)11-15-5-3-4-6-16(15)22)17-12-19(28)26-21(24-17)14-7-9-23-10-8-14/h3-10,12-13,20H,11H2,1-2H3,(H,25,27)(H,24,26,28). The predicted molar refractivity (Wildman–Crippen MR) is 104 cm³/mol. The first-order valence-electron chi connectivity index (χ1n) is 8.98. The van der Waals surface area contributed by atoms with Gasteiger partial charge in [0.15, 0.2) is 0 Å². The summed E-state index contributed by atoms with van der Waals surface area (Å²) in [5.74, 6) is -0.382. The van der Waals surface area contributed by atoms with E-state index < -0.39 is 11.9 Å². The molecule has 2 N–H and O–H groups in total. The molecule has 0 radical (unpaired) electrons. The highest BCUT2D eigenvalue weighted by atomic mass is 19.1. The Hall–Kier alpha value is -3.35. The summed E-state index contributed by atoms with van der Waals surface area (Å²) in [5.41, 5.74) is 1.17. The Morgan fingerprint density at radius 2 is 1.89 bits per heavy atom. The average Bonchev–Trinajstić information content (AvgIpc) is 2.68. The Bertz CT molecular complexity index is 1020. The van der Waals surface area contributed by atoms with Gasteiger partial charge in [-0.1, -0.05) is 32.0 Å². The number of aromatic amines is 1. The first-order chi connectivity index (χ1) is 13.4. The number of hydrogen-bond acceptors (Lipinski definition) is 4. The van der Waals surface area contributed by atoms with Crippen LogP contribution in [0.25, 0.3) is 11.4 Å². The highest BCUT2D eigenvalue weighted by molar-refractivity contribution is 5.79. The van der Waals surface area contributed by atoms with E-state index in [0.29, 0.717) is 22.6 Å². The van der Waals surface area contributed by atoms with Crippen LogP contribution in [0.3, 0.4) is 0 Å². The largest absolute Gasteiger partial charge is 0.347 e. The van der Waals surface area contributed by atoms with E-state index in [1.165, 1.54) is 12.1 Å². The molecule has 0 spiro atoms. The van der Waals surface area contributed by atoms with Gasteiger partial charge >= 0.3 is 0 Å². The Morgan fingerprint density at radius 3 is 2.57 bits per heavy atom. The van der Waals surface area contributed by atoms with Gasteiger partial charge in [-0.05, 0) is 29.7 Å². The van der Waals surface area contributed by atoms with Gasteiger partial charge in [-0.2, -0.15) is 0 Å². The van der Waals surface area contributed by atoms with Crippen LogP contribution in [0.2, 0.25) is 0 Å². The van der Waals surface area contributed by atoms with Crippen LogP contribution in [0.15, 0.2) is 59.7 Å². The third-order valence-electron chi connectivity index (χ3n) is 4.33. The second-order valence-electron chi connectivity index (χ2n) is 6.81. The molecule has 0 aliphatic heterocycles. The van der Waals surface area contributed by atoms with Crippen LogP contribution in [-0.4, -0.2) is 20.9 Å². The van der Waals surface area contributed by atoms with Crippen molar-refractivity contribution in [1.82, 2.24) is 20.3 Å². The first-order valence-corrected chi connectivity index (χ1v) is 8.98. The molecule has 6 nitrogen and oxygen atoms in total. The molecule has 1 amide bonds. The summed E-state index contributed by atoms with van der Waals surface area (Å²) in [6.07, 6.45) is 3.13. The summed E-state index contributed by atoms with van der Waals surface area (Å²) < 4.78 is 13.8. The number of hydrogen-bond donors (Lipinski definition) is 2. The normalized spacial score (nSPS) is 12.0. The molecule has 3 aromatic rings. The van der Waals surface area contributed by atoms with E-state index in [9.17, 15) is 14.0 Å². The van der Waals surface area contributed by atoms with Gasteiger partial charge in [-0.3, -0.25) is 14.6 Å². The van der Waals surface area contributed by atoms with E-state index in [-0.39, 0.29) is 23.8 Å². The second-order valence-corrected chi connectivity index (χ2v) is 6.81. The van der Waals surface area contributed by atoms with E-state index in [4.69, 9.17) is 0 Å².